The molecular formula is C11H6ClN3O2. The number of hydrogen-bond donors (Lipinski definition) is 0. The van der Waals surface area contributed by atoms with E-state index in [-0.39, 0.29) is 5.69 Å². The molecular weight excluding hydrogens is 242 g/mol. The van der Waals surface area contributed by atoms with Crippen LogP contribution in [0.2, 0.25) is 5.02 Å². The number of fused-ring (bicyclic) bond motifs is 3. The van der Waals surface area contributed by atoms with Crippen molar-refractivity contribution >= 4 is 34.0 Å². The minimum atomic E-state index is -0.429. The number of aromatic nitrogens is 2. The van der Waals surface area contributed by atoms with Crippen molar-refractivity contribution < 1.29 is 4.92 Å². The summed E-state index contributed by atoms with van der Waals surface area (Å²) >= 11 is 5.87. The molecule has 3 rings (SSSR count). The van der Waals surface area contributed by atoms with Crippen LogP contribution in [0.4, 0.5) is 5.69 Å². The summed E-state index contributed by atoms with van der Waals surface area (Å²) < 4.78 is 1.68. The van der Waals surface area contributed by atoms with Crippen LogP contribution < -0.4 is 0 Å². The molecule has 0 atom stereocenters. The first-order chi connectivity index (χ1) is 8.15. The van der Waals surface area contributed by atoms with E-state index in [1.807, 2.05) is 0 Å². The molecule has 0 amide bonds. The van der Waals surface area contributed by atoms with Crippen LogP contribution in [0.5, 0.6) is 0 Å². The van der Waals surface area contributed by atoms with Gasteiger partial charge in [-0.3, -0.25) is 14.5 Å². The largest absolute Gasteiger partial charge is 0.293 e. The zero-order chi connectivity index (χ0) is 12.0. The first kappa shape index (κ1) is 10.0. The normalized spacial score (nSPS) is 11.1. The highest BCUT2D eigenvalue weighted by Crippen LogP contribution is 2.22. The van der Waals surface area contributed by atoms with Gasteiger partial charge < -0.3 is 0 Å². The lowest BCUT2D eigenvalue weighted by Gasteiger charge is -1.95. The Hall–Kier alpha value is -2.14. The molecule has 6 heteroatoms. The molecule has 0 saturated carbocycles. The number of benzene rings is 1. The molecule has 0 aliphatic carbocycles. The average Bonchev–Trinajstić information content (AvgIpc) is 2.64. The highest BCUT2D eigenvalue weighted by molar-refractivity contribution is 6.31. The van der Waals surface area contributed by atoms with Gasteiger partial charge in [0.25, 0.3) is 5.69 Å². The van der Waals surface area contributed by atoms with Crippen molar-refractivity contribution in [3.63, 3.8) is 0 Å². The Morgan fingerprint density at radius 2 is 2.12 bits per heavy atom. The molecule has 84 valence electrons. The fraction of sp³-hybridized carbons (Fsp3) is 0. The topological polar surface area (TPSA) is 60.4 Å². The van der Waals surface area contributed by atoms with E-state index >= 15 is 0 Å². The third kappa shape index (κ3) is 1.52. The predicted molar refractivity (Wildman–Crippen MR) is 64.4 cm³/mol. The van der Waals surface area contributed by atoms with Crippen LogP contribution in [0.15, 0.2) is 36.5 Å². The third-order valence-corrected chi connectivity index (χ3v) is 2.79. The Labute approximate surface area is 100 Å². The lowest BCUT2D eigenvalue weighted by atomic mass is 10.3. The minimum Gasteiger partial charge on any atom is -0.293 e. The van der Waals surface area contributed by atoms with Crippen molar-refractivity contribution in [1.29, 1.82) is 0 Å². The van der Waals surface area contributed by atoms with Crippen LogP contribution in [0.3, 0.4) is 0 Å². The second-order valence-electron chi connectivity index (χ2n) is 3.62. The SMILES string of the molecule is O=[N+]([O-])c1ccc2nc3cc(Cl)ccc3n2c1. The first-order valence-corrected chi connectivity index (χ1v) is 5.25. The van der Waals surface area contributed by atoms with Crippen LogP contribution in [0.1, 0.15) is 0 Å². The lowest BCUT2D eigenvalue weighted by molar-refractivity contribution is -0.385. The molecule has 2 heterocycles. The summed E-state index contributed by atoms with van der Waals surface area (Å²) in [7, 11) is 0. The zero-order valence-electron chi connectivity index (χ0n) is 8.50. The van der Waals surface area contributed by atoms with Gasteiger partial charge in [-0.05, 0) is 24.3 Å². The molecule has 0 aliphatic heterocycles. The van der Waals surface area contributed by atoms with Gasteiger partial charge >= 0.3 is 0 Å². The monoisotopic (exact) mass is 247 g/mol. The summed E-state index contributed by atoms with van der Waals surface area (Å²) in [5.74, 6) is 0. The summed E-state index contributed by atoms with van der Waals surface area (Å²) in [6.45, 7) is 0. The molecule has 0 aliphatic rings. The number of halogens is 1. The predicted octanol–water partition coefficient (Wildman–Crippen LogP) is 3.05. The number of rotatable bonds is 1. The molecule has 0 unspecified atom stereocenters. The second-order valence-corrected chi connectivity index (χ2v) is 4.05. The highest BCUT2D eigenvalue weighted by atomic mass is 35.5. The van der Waals surface area contributed by atoms with Crippen LogP contribution in [-0.2, 0) is 0 Å². The molecule has 0 saturated heterocycles. The minimum absolute atomic E-state index is 0.0340. The fourth-order valence-corrected chi connectivity index (χ4v) is 1.95. The van der Waals surface area contributed by atoms with E-state index in [2.05, 4.69) is 4.98 Å². The van der Waals surface area contributed by atoms with E-state index in [1.54, 1.807) is 28.7 Å². The Balaban J connectivity index is 2.41. The van der Waals surface area contributed by atoms with Gasteiger partial charge in [0.2, 0.25) is 0 Å². The fourth-order valence-electron chi connectivity index (χ4n) is 1.79. The summed E-state index contributed by atoms with van der Waals surface area (Å²) in [6.07, 6.45) is 1.46. The van der Waals surface area contributed by atoms with Crippen LogP contribution in [0, 0.1) is 10.1 Å². The molecule has 0 bridgehead atoms. The zero-order valence-corrected chi connectivity index (χ0v) is 9.26. The molecule has 3 aromatic rings. The second kappa shape index (κ2) is 3.43. The summed E-state index contributed by atoms with van der Waals surface area (Å²) in [5, 5.41) is 11.3. The van der Waals surface area contributed by atoms with Crippen molar-refractivity contribution in [2.45, 2.75) is 0 Å². The van der Waals surface area contributed by atoms with Gasteiger partial charge in [0, 0.05) is 11.1 Å². The van der Waals surface area contributed by atoms with Crippen molar-refractivity contribution in [2.24, 2.45) is 0 Å². The quantitative estimate of drug-likeness (QED) is 0.490. The number of imidazole rings is 1. The number of nitro groups is 1. The number of pyridine rings is 1. The van der Waals surface area contributed by atoms with Crippen molar-refractivity contribution in [1.82, 2.24) is 9.38 Å². The summed E-state index contributed by atoms with van der Waals surface area (Å²) in [5.41, 5.74) is 2.21. The van der Waals surface area contributed by atoms with Gasteiger partial charge in [0.15, 0.2) is 0 Å². The van der Waals surface area contributed by atoms with Crippen LogP contribution in [-0.4, -0.2) is 14.3 Å². The van der Waals surface area contributed by atoms with Crippen molar-refractivity contribution in [2.75, 3.05) is 0 Å². The molecule has 0 spiro atoms. The maximum absolute atomic E-state index is 10.7. The average molecular weight is 248 g/mol. The van der Waals surface area contributed by atoms with Gasteiger partial charge in [-0.1, -0.05) is 11.6 Å². The van der Waals surface area contributed by atoms with E-state index in [0.29, 0.717) is 10.7 Å². The van der Waals surface area contributed by atoms with Gasteiger partial charge in [-0.15, -0.1) is 0 Å². The molecule has 0 fully saturated rings. The molecule has 0 radical (unpaired) electrons. The Morgan fingerprint density at radius 3 is 2.88 bits per heavy atom. The molecule has 5 nitrogen and oxygen atoms in total. The maximum atomic E-state index is 10.7. The smallest absolute Gasteiger partial charge is 0.286 e. The Bertz CT molecular complexity index is 751. The van der Waals surface area contributed by atoms with Gasteiger partial charge in [0.05, 0.1) is 22.2 Å². The van der Waals surface area contributed by atoms with Gasteiger partial charge in [-0.25, -0.2) is 4.98 Å². The molecule has 0 N–H and O–H groups in total. The van der Waals surface area contributed by atoms with E-state index in [9.17, 15) is 10.1 Å². The molecule has 17 heavy (non-hydrogen) atoms. The summed E-state index contributed by atoms with van der Waals surface area (Å²) in [6, 6.07) is 8.31. The van der Waals surface area contributed by atoms with E-state index in [1.165, 1.54) is 12.3 Å². The maximum Gasteiger partial charge on any atom is 0.286 e. The Morgan fingerprint density at radius 1 is 1.29 bits per heavy atom. The van der Waals surface area contributed by atoms with Crippen molar-refractivity contribution in [3.05, 3.63) is 51.7 Å². The standard InChI is InChI=1S/C11H6ClN3O2/c12-7-1-3-10-9(5-7)13-11-4-2-8(15(16)17)6-14(10)11/h1-6H. The highest BCUT2D eigenvalue weighted by Gasteiger charge is 2.10. The van der Waals surface area contributed by atoms with E-state index in [0.717, 1.165) is 11.0 Å². The molecule has 2 aromatic heterocycles. The van der Waals surface area contributed by atoms with Gasteiger partial charge in [-0.2, -0.15) is 0 Å². The summed E-state index contributed by atoms with van der Waals surface area (Å²) in [4.78, 5) is 14.6. The van der Waals surface area contributed by atoms with Crippen LogP contribution >= 0.6 is 11.6 Å². The lowest BCUT2D eigenvalue weighted by Crippen LogP contribution is -1.91. The first-order valence-electron chi connectivity index (χ1n) is 4.87. The van der Waals surface area contributed by atoms with Crippen molar-refractivity contribution in [3.8, 4) is 0 Å². The number of hydrogen-bond acceptors (Lipinski definition) is 3. The number of nitrogens with zero attached hydrogens (tertiary/aromatic N) is 3. The van der Waals surface area contributed by atoms with E-state index < -0.39 is 4.92 Å². The Kier molecular flexibility index (Phi) is 2.02. The third-order valence-electron chi connectivity index (χ3n) is 2.55. The van der Waals surface area contributed by atoms with Crippen LogP contribution in [0.25, 0.3) is 16.7 Å². The molecule has 1 aromatic carbocycles. The van der Waals surface area contributed by atoms with E-state index in [4.69, 9.17) is 11.6 Å². The van der Waals surface area contributed by atoms with Gasteiger partial charge in [0.1, 0.15) is 5.65 Å².